The highest BCUT2D eigenvalue weighted by atomic mass is 79.9. The van der Waals surface area contributed by atoms with E-state index in [0.717, 1.165) is 16.2 Å². The quantitative estimate of drug-likeness (QED) is 0.468. The number of hydrogen-bond acceptors (Lipinski definition) is 4. The maximum atomic E-state index is 13.9. The van der Waals surface area contributed by atoms with Gasteiger partial charge in [0.25, 0.3) is 15.9 Å². The van der Waals surface area contributed by atoms with E-state index in [-0.39, 0.29) is 27.1 Å². The number of sulfonamides is 1. The van der Waals surface area contributed by atoms with Crippen LogP contribution in [0.2, 0.25) is 0 Å². The number of nitrogens with zero attached hydrogens (tertiary/aromatic N) is 2. The molecule has 0 bridgehead atoms. The zero-order valence-corrected chi connectivity index (χ0v) is 17.6. The molecule has 28 heavy (non-hydrogen) atoms. The van der Waals surface area contributed by atoms with Gasteiger partial charge >= 0.3 is 0 Å². The van der Waals surface area contributed by atoms with Crippen LogP contribution in [0.5, 0.6) is 0 Å². The fourth-order valence-corrected chi connectivity index (χ4v) is 4.81. The summed E-state index contributed by atoms with van der Waals surface area (Å²) in [6.07, 6.45) is 2.85. The van der Waals surface area contributed by atoms with Crippen LogP contribution in [0, 0.1) is 5.82 Å². The Morgan fingerprint density at radius 3 is 2.50 bits per heavy atom. The second-order valence-corrected chi connectivity index (χ2v) is 9.17. The number of thioether (sulfide) groups is 1. The van der Waals surface area contributed by atoms with Crippen molar-refractivity contribution in [1.82, 2.24) is 4.90 Å². The van der Waals surface area contributed by atoms with Crippen LogP contribution in [0.3, 0.4) is 0 Å². The summed E-state index contributed by atoms with van der Waals surface area (Å²) < 4.78 is 43.7. The van der Waals surface area contributed by atoms with Gasteiger partial charge in [0.2, 0.25) is 0 Å². The first-order chi connectivity index (χ1) is 13.3. The molecule has 0 atom stereocenters. The van der Waals surface area contributed by atoms with E-state index in [1.54, 1.807) is 24.3 Å². The lowest BCUT2D eigenvalue weighted by molar-refractivity contribution is -0.121. The Morgan fingerprint density at radius 2 is 1.86 bits per heavy atom. The van der Waals surface area contributed by atoms with Crippen molar-refractivity contribution in [3.8, 4) is 0 Å². The van der Waals surface area contributed by atoms with Crippen LogP contribution in [-0.4, -0.2) is 30.9 Å². The summed E-state index contributed by atoms with van der Waals surface area (Å²) in [6.45, 7) is 3.67. The minimum atomic E-state index is -4.02. The number of hydrogen-bond donors (Lipinski definition) is 0. The number of benzene rings is 2. The van der Waals surface area contributed by atoms with E-state index in [4.69, 9.17) is 0 Å². The molecule has 0 spiro atoms. The van der Waals surface area contributed by atoms with Gasteiger partial charge in [-0.25, -0.2) is 4.39 Å². The molecule has 1 fully saturated rings. The molecule has 2 aromatic carbocycles. The minimum Gasteiger partial charge on any atom is -0.282 e. The van der Waals surface area contributed by atoms with Crippen molar-refractivity contribution in [2.75, 3.05) is 6.54 Å². The third-order valence-electron chi connectivity index (χ3n) is 3.70. The predicted octanol–water partition coefficient (Wildman–Crippen LogP) is 4.44. The van der Waals surface area contributed by atoms with Gasteiger partial charge in [-0.1, -0.05) is 40.2 Å². The maximum Gasteiger partial charge on any atom is 0.284 e. The van der Waals surface area contributed by atoms with Crippen molar-refractivity contribution in [2.45, 2.75) is 4.90 Å². The summed E-state index contributed by atoms with van der Waals surface area (Å²) in [5.74, 6) is -0.940. The number of amides is 1. The Bertz CT molecular complexity index is 1100. The fourth-order valence-electron chi connectivity index (χ4n) is 2.36. The van der Waals surface area contributed by atoms with Gasteiger partial charge in [0.15, 0.2) is 5.17 Å². The molecule has 1 saturated heterocycles. The zero-order chi connectivity index (χ0) is 20.3. The van der Waals surface area contributed by atoms with E-state index >= 15 is 0 Å². The summed E-state index contributed by atoms with van der Waals surface area (Å²) in [7, 11) is -4.02. The van der Waals surface area contributed by atoms with Gasteiger partial charge in [-0.2, -0.15) is 8.42 Å². The van der Waals surface area contributed by atoms with Gasteiger partial charge in [0.1, 0.15) is 5.82 Å². The van der Waals surface area contributed by atoms with Crippen molar-refractivity contribution in [3.63, 3.8) is 0 Å². The lowest BCUT2D eigenvalue weighted by Crippen LogP contribution is -2.29. The summed E-state index contributed by atoms with van der Waals surface area (Å²) >= 11 is 4.13. The third-order valence-corrected chi connectivity index (χ3v) is 6.63. The first-order valence-corrected chi connectivity index (χ1v) is 11.0. The highest BCUT2D eigenvalue weighted by Crippen LogP contribution is 2.34. The Kier molecular flexibility index (Phi) is 6.17. The van der Waals surface area contributed by atoms with Crippen LogP contribution in [0.1, 0.15) is 5.56 Å². The molecule has 0 unspecified atom stereocenters. The molecule has 0 saturated carbocycles. The van der Waals surface area contributed by atoms with Crippen molar-refractivity contribution in [3.05, 3.63) is 81.9 Å². The average molecular weight is 481 g/mol. The minimum absolute atomic E-state index is 0.00124. The van der Waals surface area contributed by atoms with E-state index in [2.05, 4.69) is 26.9 Å². The number of rotatable bonds is 5. The second kappa shape index (κ2) is 8.42. The van der Waals surface area contributed by atoms with E-state index in [0.29, 0.717) is 0 Å². The van der Waals surface area contributed by atoms with Crippen molar-refractivity contribution in [2.24, 2.45) is 4.40 Å². The molecule has 0 aliphatic carbocycles. The van der Waals surface area contributed by atoms with E-state index in [9.17, 15) is 17.6 Å². The van der Waals surface area contributed by atoms with E-state index in [1.165, 1.54) is 41.3 Å². The largest absolute Gasteiger partial charge is 0.284 e. The summed E-state index contributed by atoms with van der Waals surface area (Å²) in [5.41, 5.74) is 0.230. The molecule has 0 aromatic heterocycles. The van der Waals surface area contributed by atoms with Crippen molar-refractivity contribution < 1.29 is 17.6 Å². The van der Waals surface area contributed by atoms with Crippen LogP contribution in [0.25, 0.3) is 6.08 Å². The maximum absolute atomic E-state index is 13.9. The smallest absolute Gasteiger partial charge is 0.282 e. The van der Waals surface area contributed by atoms with Crippen molar-refractivity contribution in [1.29, 1.82) is 0 Å². The first kappa shape index (κ1) is 20.5. The third kappa shape index (κ3) is 4.43. The molecule has 0 N–H and O–H groups in total. The molecule has 1 amide bonds. The molecule has 1 aliphatic heterocycles. The van der Waals surface area contributed by atoms with Gasteiger partial charge in [0.05, 0.1) is 9.80 Å². The monoisotopic (exact) mass is 480 g/mol. The molecule has 9 heteroatoms. The molecule has 144 valence electrons. The normalized spacial score (nSPS) is 17.5. The highest BCUT2D eigenvalue weighted by molar-refractivity contribution is 9.10. The molecule has 2 aromatic rings. The zero-order valence-electron chi connectivity index (χ0n) is 14.4. The second-order valence-electron chi connectivity index (χ2n) is 5.64. The van der Waals surface area contributed by atoms with Crippen LogP contribution in [-0.2, 0) is 14.8 Å². The van der Waals surface area contributed by atoms with Gasteiger partial charge in [0, 0.05) is 16.6 Å². The molecular weight excluding hydrogens is 467 g/mol. The van der Waals surface area contributed by atoms with Gasteiger partial charge in [-0.3, -0.25) is 9.69 Å². The summed E-state index contributed by atoms with van der Waals surface area (Å²) in [4.78, 5) is 14.0. The standard InChI is InChI=1S/C19H14BrFN2O3S2/c1-2-11-23-18(24)17(12-13-5-3-4-6-16(13)21)27-19(23)22-28(25,26)15-9-7-14(20)8-10-15/h2-10,12H,1,11H2. The number of carbonyl (C=O) groups is 1. The van der Waals surface area contributed by atoms with Crippen LogP contribution < -0.4 is 0 Å². The Hall–Kier alpha value is -2.23. The highest BCUT2D eigenvalue weighted by Gasteiger charge is 2.34. The molecule has 1 heterocycles. The van der Waals surface area contributed by atoms with Crippen LogP contribution in [0.4, 0.5) is 4.39 Å². The van der Waals surface area contributed by atoms with Gasteiger partial charge in [-0.15, -0.1) is 11.0 Å². The predicted molar refractivity (Wildman–Crippen MR) is 113 cm³/mol. The lowest BCUT2D eigenvalue weighted by Gasteiger charge is -2.12. The average Bonchev–Trinajstić information content (AvgIpc) is 2.92. The van der Waals surface area contributed by atoms with Crippen molar-refractivity contribution >= 4 is 54.9 Å². The number of carbonyl (C=O) groups excluding carboxylic acids is 1. The lowest BCUT2D eigenvalue weighted by atomic mass is 10.2. The molecular formula is C19H14BrFN2O3S2. The fraction of sp³-hybridized carbons (Fsp3) is 0.0526. The van der Waals surface area contributed by atoms with E-state index < -0.39 is 21.7 Å². The van der Waals surface area contributed by atoms with Crippen LogP contribution >= 0.6 is 27.7 Å². The summed E-state index contributed by atoms with van der Waals surface area (Å²) in [6, 6.07) is 12.0. The van der Waals surface area contributed by atoms with Gasteiger partial charge < -0.3 is 0 Å². The Morgan fingerprint density at radius 1 is 1.18 bits per heavy atom. The Balaban J connectivity index is 2.01. The molecule has 1 aliphatic rings. The molecule has 0 radical (unpaired) electrons. The van der Waals surface area contributed by atoms with Crippen LogP contribution in [0.15, 0.2) is 79.9 Å². The molecule has 3 rings (SSSR count). The Labute approximate surface area is 174 Å². The SMILES string of the molecule is C=CCN1C(=O)C(=Cc2ccccc2F)SC1=NS(=O)(=O)c1ccc(Br)cc1. The first-order valence-electron chi connectivity index (χ1n) is 7.99. The van der Waals surface area contributed by atoms with Gasteiger partial charge in [-0.05, 0) is 48.2 Å². The number of halogens is 2. The topological polar surface area (TPSA) is 66.8 Å². The number of amidine groups is 1. The molecule has 5 nitrogen and oxygen atoms in total. The van der Waals surface area contributed by atoms with E-state index in [1.807, 2.05) is 0 Å². The summed E-state index contributed by atoms with van der Waals surface area (Å²) in [5, 5.41) is -0.00425.